The number of ether oxygens (including phenoxy) is 1. The maximum Gasteiger partial charge on any atom is 0.172 e. The van der Waals surface area contributed by atoms with Gasteiger partial charge in [-0.15, -0.1) is 0 Å². The molecule has 2 rings (SSSR count). The van der Waals surface area contributed by atoms with Gasteiger partial charge in [0.25, 0.3) is 0 Å². The normalized spacial score (nSPS) is 10.7. The highest BCUT2D eigenvalue weighted by Crippen LogP contribution is 2.23. The van der Waals surface area contributed by atoms with Gasteiger partial charge in [-0.1, -0.05) is 0 Å². The molecule has 0 unspecified atom stereocenters. The third kappa shape index (κ3) is 1.29. The SMILES string of the molecule is COc1cn2ncc(Br)c2cc1F. The van der Waals surface area contributed by atoms with Gasteiger partial charge in [0.1, 0.15) is 0 Å². The molecule has 0 atom stereocenters. The van der Waals surface area contributed by atoms with Gasteiger partial charge in [0, 0.05) is 6.07 Å². The van der Waals surface area contributed by atoms with Gasteiger partial charge in [-0.05, 0) is 15.9 Å². The van der Waals surface area contributed by atoms with Gasteiger partial charge in [-0.2, -0.15) is 5.10 Å². The van der Waals surface area contributed by atoms with Crippen molar-refractivity contribution in [3.05, 3.63) is 28.7 Å². The van der Waals surface area contributed by atoms with Gasteiger partial charge in [-0.25, -0.2) is 8.91 Å². The Morgan fingerprint density at radius 2 is 2.38 bits per heavy atom. The lowest BCUT2D eigenvalue weighted by atomic mass is 10.4. The maximum atomic E-state index is 13.2. The summed E-state index contributed by atoms with van der Waals surface area (Å²) in [6.07, 6.45) is 3.10. The largest absolute Gasteiger partial charge is 0.492 e. The quantitative estimate of drug-likeness (QED) is 0.770. The van der Waals surface area contributed by atoms with E-state index in [4.69, 9.17) is 4.74 Å². The predicted molar refractivity (Wildman–Crippen MR) is 49.4 cm³/mol. The molecule has 0 aliphatic heterocycles. The molecule has 0 aliphatic carbocycles. The van der Waals surface area contributed by atoms with Crippen LogP contribution in [-0.4, -0.2) is 16.7 Å². The first-order valence-electron chi connectivity index (χ1n) is 3.59. The molecule has 0 bridgehead atoms. The van der Waals surface area contributed by atoms with Crippen molar-refractivity contribution in [1.82, 2.24) is 9.61 Å². The molecule has 0 spiro atoms. The van der Waals surface area contributed by atoms with Crippen molar-refractivity contribution in [3.63, 3.8) is 0 Å². The summed E-state index contributed by atoms with van der Waals surface area (Å²) in [6.45, 7) is 0. The average Bonchev–Trinajstić information content (AvgIpc) is 2.47. The van der Waals surface area contributed by atoms with Crippen LogP contribution in [0.2, 0.25) is 0 Å². The van der Waals surface area contributed by atoms with Crippen molar-refractivity contribution >= 4 is 21.4 Å². The van der Waals surface area contributed by atoms with Crippen LogP contribution < -0.4 is 4.74 Å². The molecule has 0 radical (unpaired) electrons. The van der Waals surface area contributed by atoms with E-state index in [9.17, 15) is 4.39 Å². The Hall–Kier alpha value is -1.10. The van der Waals surface area contributed by atoms with Crippen LogP contribution in [0.3, 0.4) is 0 Å². The Morgan fingerprint density at radius 3 is 3.08 bits per heavy atom. The van der Waals surface area contributed by atoms with Crippen LogP contribution in [0.25, 0.3) is 5.52 Å². The van der Waals surface area contributed by atoms with Crippen molar-refractivity contribution < 1.29 is 9.13 Å². The minimum Gasteiger partial charge on any atom is -0.492 e. The zero-order chi connectivity index (χ0) is 9.42. The lowest BCUT2D eigenvalue weighted by Gasteiger charge is -2.01. The van der Waals surface area contributed by atoms with Gasteiger partial charge in [0.2, 0.25) is 0 Å². The minimum atomic E-state index is -0.392. The summed E-state index contributed by atoms with van der Waals surface area (Å²) in [4.78, 5) is 0. The molecule has 0 saturated carbocycles. The van der Waals surface area contributed by atoms with Gasteiger partial charge >= 0.3 is 0 Å². The van der Waals surface area contributed by atoms with Gasteiger partial charge in [0.05, 0.1) is 29.5 Å². The number of nitrogens with zero attached hydrogens (tertiary/aromatic N) is 2. The summed E-state index contributed by atoms with van der Waals surface area (Å²) in [5, 5.41) is 3.99. The molecule has 0 saturated heterocycles. The first-order chi connectivity index (χ1) is 6.22. The third-order valence-electron chi connectivity index (χ3n) is 1.75. The zero-order valence-corrected chi connectivity index (χ0v) is 8.38. The predicted octanol–water partition coefficient (Wildman–Crippen LogP) is 2.24. The number of hydrogen-bond donors (Lipinski definition) is 0. The molecule has 0 aliphatic rings. The van der Waals surface area contributed by atoms with Gasteiger partial charge in [-0.3, -0.25) is 0 Å². The van der Waals surface area contributed by atoms with E-state index in [1.54, 1.807) is 10.7 Å². The van der Waals surface area contributed by atoms with Crippen molar-refractivity contribution in [1.29, 1.82) is 0 Å². The highest BCUT2D eigenvalue weighted by Gasteiger charge is 2.07. The monoisotopic (exact) mass is 244 g/mol. The standard InChI is InChI=1S/C8H6BrFN2O/c1-13-8-4-12-7(2-6(8)10)5(9)3-11-12/h2-4H,1H3. The van der Waals surface area contributed by atoms with E-state index in [-0.39, 0.29) is 5.75 Å². The second-order valence-corrected chi connectivity index (χ2v) is 3.37. The molecule has 0 fully saturated rings. The summed E-state index contributed by atoms with van der Waals surface area (Å²) in [6, 6.07) is 1.37. The van der Waals surface area contributed by atoms with Crippen LogP contribution in [0.4, 0.5) is 4.39 Å². The van der Waals surface area contributed by atoms with Crippen LogP contribution in [0.5, 0.6) is 5.75 Å². The summed E-state index contributed by atoms with van der Waals surface area (Å²) < 4.78 is 20.3. The Balaban J connectivity index is 2.76. The topological polar surface area (TPSA) is 26.5 Å². The van der Waals surface area contributed by atoms with E-state index < -0.39 is 5.82 Å². The van der Waals surface area contributed by atoms with E-state index >= 15 is 0 Å². The maximum absolute atomic E-state index is 13.2. The Bertz CT molecular complexity index is 455. The highest BCUT2D eigenvalue weighted by molar-refractivity contribution is 9.10. The van der Waals surface area contributed by atoms with Crippen LogP contribution in [0, 0.1) is 5.82 Å². The lowest BCUT2D eigenvalue weighted by Crippen LogP contribution is -1.93. The number of hydrogen-bond acceptors (Lipinski definition) is 2. The molecular formula is C8H6BrFN2O. The van der Waals surface area contributed by atoms with Crippen molar-refractivity contribution in [2.24, 2.45) is 0 Å². The van der Waals surface area contributed by atoms with E-state index in [1.165, 1.54) is 19.4 Å². The van der Waals surface area contributed by atoms with E-state index in [2.05, 4.69) is 21.0 Å². The molecular weight excluding hydrogens is 239 g/mol. The molecule has 13 heavy (non-hydrogen) atoms. The van der Waals surface area contributed by atoms with Crippen LogP contribution >= 0.6 is 15.9 Å². The minimum absolute atomic E-state index is 0.183. The Kier molecular flexibility index (Phi) is 1.95. The second kappa shape index (κ2) is 2.99. The number of fused-ring (bicyclic) bond motifs is 1. The van der Waals surface area contributed by atoms with Crippen LogP contribution in [-0.2, 0) is 0 Å². The van der Waals surface area contributed by atoms with E-state index in [0.29, 0.717) is 5.52 Å². The second-order valence-electron chi connectivity index (χ2n) is 2.51. The lowest BCUT2D eigenvalue weighted by molar-refractivity contribution is 0.383. The molecule has 3 nitrogen and oxygen atoms in total. The number of rotatable bonds is 1. The average molecular weight is 245 g/mol. The number of halogens is 2. The first-order valence-corrected chi connectivity index (χ1v) is 4.38. The fourth-order valence-electron chi connectivity index (χ4n) is 1.10. The summed E-state index contributed by atoms with van der Waals surface area (Å²) in [7, 11) is 1.42. The molecule has 68 valence electrons. The van der Waals surface area contributed by atoms with Gasteiger partial charge < -0.3 is 4.74 Å². The smallest absolute Gasteiger partial charge is 0.172 e. The fourth-order valence-corrected chi connectivity index (χ4v) is 1.49. The fraction of sp³-hybridized carbons (Fsp3) is 0.125. The zero-order valence-electron chi connectivity index (χ0n) is 6.79. The number of methoxy groups -OCH3 is 1. The molecule has 5 heteroatoms. The summed E-state index contributed by atoms with van der Waals surface area (Å²) in [5.41, 5.74) is 0.679. The summed E-state index contributed by atoms with van der Waals surface area (Å²) in [5.74, 6) is -0.209. The van der Waals surface area contributed by atoms with Crippen LogP contribution in [0.1, 0.15) is 0 Å². The van der Waals surface area contributed by atoms with E-state index in [0.717, 1.165) is 4.47 Å². The molecule has 0 aromatic carbocycles. The van der Waals surface area contributed by atoms with Gasteiger partial charge in [0.15, 0.2) is 11.6 Å². The van der Waals surface area contributed by atoms with E-state index in [1.807, 2.05) is 0 Å². The molecule has 0 amide bonds. The van der Waals surface area contributed by atoms with Crippen LogP contribution in [0.15, 0.2) is 22.9 Å². The summed E-state index contributed by atoms with van der Waals surface area (Å²) >= 11 is 3.26. The highest BCUT2D eigenvalue weighted by atomic mass is 79.9. The van der Waals surface area contributed by atoms with Crippen molar-refractivity contribution in [2.45, 2.75) is 0 Å². The molecule has 2 heterocycles. The Labute approximate surface area is 82.2 Å². The molecule has 2 aromatic rings. The molecule has 0 N–H and O–H groups in total. The third-order valence-corrected chi connectivity index (χ3v) is 2.36. The van der Waals surface area contributed by atoms with Crippen molar-refractivity contribution in [3.8, 4) is 5.75 Å². The number of aromatic nitrogens is 2. The Morgan fingerprint density at radius 1 is 1.62 bits per heavy atom. The van der Waals surface area contributed by atoms with Crippen molar-refractivity contribution in [2.75, 3.05) is 7.11 Å². The molecule has 2 aromatic heterocycles. The first kappa shape index (κ1) is 8.50. The number of pyridine rings is 1.